The van der Waals surface area contributed by atoms with Gasteiger partial charge in [0.2, 0.25) is 11.4 Å². The third-order valence-corrected chi connectivity index (χ3v) is 8.23. The van der Waals surface area contributed by atoms with E-state index >= 15 is 0 Å². The van der Waals surface area contributed by atoms with E-state index in [0.717, 1.165) is 11.1 Å². The highest BCUT2D eigenvalue weighted by Crippen LogP contribution is 2.39. The molecule has 0 saturated heterocycles. The molecular formula is C39H36N6O2. The Hall–Kier alpha value is -5.70. The highest BCUT2D eigenvalue weighted by atomic mass is 16.3. The van der Waals surface area contributed by atoms with E-state index in [9.17, 15) is 10.2 Å². The van der Waals surface area contributed by atoms with Crippen LogP contribution in [0.2, 0.25) is 0 Å². The van der Waals surface area contributed by atoms with Crippen LogP contribution in [0.25, 0.3) is 0 Å². The van der Waals surface area contributed by atoms with Crippen molar-refractivity contribution >= 4 is 34.7 Å². The Balaban J connectivity index is 1.68. The van der Waals surface area contributed by atoms with Crippen molar-refractivity contribution in [3.05, 3.63) is 167 Å². The third-order valence-electron chi connectivity index (χ3n) is 8.23. The summed E-state index contributed by atoms with van der Waals surface area (Å²) in [6.07, 6.45) is 1.47. The summed E-state index contributed by atoms with van der Waals surface area (Å²) >= 11 is 0. The lowest BCUT2D eigenvalue weighted by Gasteiger charge is -2.36. The van der Waals surface area contributed by atoms with E-state index in [2.05, 4.69) is 31.0 Å². The maximum absolute atomic E-state index is 12.9. The number of rotatable bonds is 4. The molecule has 0 amide bonds. The predicted molar refractivity (Wildman–Crippen MR) is 191 cm³/mol. The minimum Gasteiger partial charge on any atom is -0.362 e. The molecule has 0 radical (unpaired) electrons. The highest BCUT2D eigenvalue weighted by Gasteiger charge is 2.41. The molecule has 2 unspecified atom stereocenters. The Morgan fingerprint density at radius 1 is 0.511 bits per heavy atom. The van der Waals surface area contributed by atoms with Gasteiger partial charge in [0.15, 0.2) is 0 Å². The number of nitrogens with one attached hydrogen (secondary N) is 2. The van der Waals surface area contributed by atoms with Crippen molar-refractivity contribution in [3.63, 3.8) is 0 Å². The molecule has 0 spiro atoms. The van der Waals surface area contributed by atoms with Crippen LogP contribution in [0, 0.1) is 13.8 Å². The van der Waals surface area contributed by atoms with Crippen LogP contribution in [0.3, 0.4) is 0 Å². The summed E-state index contributed by atoms with van der Waals surface area (Å²) in [4.78, 5) is 0. The molecule has 1 heterocycles. The van der Waals surface area contributed by atoms with Crippen molar-refractivity contribution in [2.24, 2.45) is 20.4 Å². The van der Waals surface area contributed by atoms with Crippen LogP contribution in [0.5, 0.6) is 0 Å². The second-order valence-electron chi connectivity index (χ2n) is 11.4. The van der Waals surface area contributed by atoms with Gasteiger partial charge in [0.1, 0.15) is 11.4 Å². The number of aryl methyl sites for hydroxylation is 1. The average molecular weight is 621 g/mol. The Morgan fingerprint density at radius 2 is 0.979 bits per heavy atom. The second-order valence-corrected chi connectivity index (χ2v) is 11.4. The fourth-order valence-corrected chi connectivity index (χ4v) is 5.55. The van der Waals surface area contributed by atoms with E-state index in [1.54, 1.807) is 6.92 Å². The Bertz CT molecular complexity index is 1980. The molecule has 8 heteroatoms. The van der Waals surface area contributed by atoms with Crippen LogP contribution in [0.15, 0.2) is 154 Å². The number of fused-ring (bicyclic) bond motifs is 1. The topological polar surface area (TPSA) is 114 Å². The standard InChI is InChI=1S/C39H36N6O2/c1-27-24-25-34-35(29(27)3)42-39(47,33-22-14-7-15-23-33)37(31-18-10-5-11-19-31)45-43-28(2)26-40-44-36(30-16-8-4-9-17-30)38(46,41-34)32-20-12-6-13-21-32/h4-26,41-42,46-47H,1-3H3/b40-26+,43-28+,44-36-,45-37-. The molecule has 47 heavy (non-hydrogen) atoms. The van der Waals surface area contributed by atoms with Gasteiger partial charge in [-0.05, 0) is 38.0 Å². The smallest absolute Gasteiger partial charge is 0.208 e. The fraction of sp³-hybridized carbons (Fsp3) is 0.128. The van der Waals surface area contributed by atoms with E-state index in [0.29, 0.717) is 39.3 Å². The Kier molecular flexibility index (Phi) is 8.88. The van der Waals surface area contributed by atoms with E-state index in [4.69, 9.17) is 0 Å². The summed E-state index contributed by atoms with van der Waals surface area (Å²) in [5, 5.41) is 50.8. The van der Waals surface area contributed by atoms with Crippen molar-refractivity contribution in [2.45, 2.75) is 32.2 Å². The summed E-state index contributed by atoms with van der Waals surface area (Å²) in [5.74, 6) is 0. The first-order valence-corrected chi connectivity index (χ1v) is 15.4. The number of anilines is 2. The number of benzene rings is 5. The second kappa shape index (κ2) is 13.3. The first-order chi connectivity index (χ1) is 22.8. The SMILES string of the molecule is CC1=N\N=C(\c2ccccc2)C(O)(c2ccccc2)Nc2c(ccc(C)c2C)NC(O)(c2ccccc2)/C(c2ccccc2)=N\N=C\1. The lowest BCUT2D eigenvalue weighted by atomic mass is 9.90. The molecule has 2 atom stereocenters. The number of nitrogens with zero attached hydrogens (tertiary/aromatic N) is 4. The van der Waals surface area contributed by atoms with E-state index in [1.165, 1.54) is 6.21 Å². The molecule has 0 aromatic heterocycles. The molecule has 8 nitrogen and oxygen atoms in total. The van der Waals surface area contributed by atoms with Crippen molar-refractivity contribution in [1.29, 1.82) is 0 Å². The minimum absolute atomic E-state index is 0.265. The molecule has 234 valence electrons. The largest absolute Gasteiger partial charge is 0.362 e. The molecule has 0 bridgehead atoms. The average Bonchev–Trinajstić information content (AvgIpc) is 3.11. The summed E-state index contributed by atoms with van der Waals surface area (Å²) in [6.45, 7) is 5.72. The summed E-state index contributed by atoms with van der Waals surface area (Å²) < 4.78 is 0. The fourth-order valence-electron chi connectivity index (χ4n) is 5.55. The summed E-state index contributed by atoms with van der Waals surface area (Å²) in [7, 11) is 0. The quantitative estimate of drug-likeness (QED) is 0.171. The van der Waals surface area contributed by atoms with Gasteiger partial charge in [-0.15, -0.1) is 10.2 Å². The molecule has 1 aliphatic heterocycles. The van der Waals surface area contributed by atoms with Crippen molar-refractivity contribution in [3.8, 4) is 0 Å². The van der Waals surface area contributed by atoms with Gasteiger partial charge in [-0.2, -0.15) is 10.2 Å². The molecular weight excluding hydrogens is 584 g/mol. The lowest BCUT2D eigenvalue weighted by Crippen LogP contribution is -2.46. The molecule has 0 fully saturated rings. The van der Waals surface area contributed by atoms with Gasteiger partial charge in [-0.25, -0.2) is 0 Å². The predicted octanol–water partition coefficient (Wildman–Crippen LogP) is 7.17. The first-order valence-electron chi connectivity index (χ1n) is 15.4. The molecule has 6 rings (SSSR count). The van der Waals surface area contributed by atoms with Crippen LogP contribution in [0.4, 0.5) is 11.4 Å². The maximum Gasteiger partial charge on any atom is 0.208 e. The zero-order valence-corrected chi connectivity index (χ0v) is 26.5. The zero-order valence-electron chi connectivity index (χ0n) is 26.5. The number of aliphatic hydroxyl groups is 2. The van der Waals surface area contributed by atoms with Crippen LogP contribution in [-0.2, 0) is 11.4 Å². The molecule has 4 N–H and O–H groups in total. The maximum atomic E-state index is 12.9. The van der Waals surface area contributed by atoms with Crippen LogP contribution < -0.4 is 10.6 Å². The van der Waals surface area contributed by atoms with Crippen LogP contribution in [-0.4, -0.2) is 33.6 Å². The number of hydrogen-bond acceptors (Lipinski definition) is 8. The summed E-state index contributed by atoms with van der Waals surface area (Å²) in [6, 6.07) is 41.3. The van der Waals surface area contributed by atoms with Crippen LogP contribution >= 0.6 is 0 Å². The van der Waals surface area contributed by atoms with Gasteiger partial charge in [0, 0.05) is 22.3 Å². The minimum atomic E-state index is -1.87. The zero-order chi connectivity index (χ0) is 32.9. The lowest BCUT2D eigenvalue weighted by molar-refractivity contribution is 0.140. The van der Waals surface area contributed by atoms with Crippen molar-refractivity contribution < 1.29 is 10.2 Å². The van der Waals surface area contributed by atoms with Gasteiger partial charge < -0.3 is 20.8 Å². The monoisotopic (exact) mass is 620 g/mol. The van der Waals surface area contributed by atoms with Gasteiger partial charge in [0.05, 0.1) is 23.3 Å². The van der Waals surface area contributed by atoms with Gasteiger partial charge in [-0.1, -0.05) is 127 Å². The number of hydrogen-bond donors (Lipinski definition) is 4. The van der Waals surface area contributed by atoms with E-state index in [-0.39, 0.29) is 11.4 Å². The van der Waals surface area contributed by atoms with E-state index in [1.807, 2.05) is 147 Å². The highest BCUT2D eigenvalue weighted by molar-refractivity contribution is 6.29. The Morgan fingerprint density at radius 3 is 1.51 bits per heavy atom. The normalized spacial score (nSPS) is 24.0. The molecule has 0 aliphatic carbocycles. The third kappa shape index (κ3) is 6.37. The Labute approximate surface area is 274 Å². The molecule has 5 aromatic carbocycles. The first kappa shape index (κ1) is 31.3. The summed E-state index contributed by atoms with van der Waals surface area (Å²) in [5.41, 5.74) is 2.57. The van der Waals surface area contributed by atoms with Crippen molar-refractivity contribution in [2.75, 3.05) is 10.6 Å². The van der Waals surface area contributed by atoms with Crippen LogP contribution in [0.1, 0.15) is 40.3 Å². The molecule has 5 aromatic rings. The van der Waals surface area contributed by atoms with Gasteiger partial charge in [0.25, 0.3) is 0 Å². The molecule has 0 saturated carbocycles. The van der Waals surface area contributed by atoms with Crippen molar-refractivity contribution in [1.82, 2.24) is 0 Å². The molecule has 1 aliphatic rings. The van der Waals surface area contributed by atoms with Gasteiger partial charge >= 0.3 is 0 Å². The van der Waals surface area contributed by atoms with Gasteiger partial charge in [-0.3, -0.25) is 0 Å². The van der Waals surface area contributed by atoms with E-state index < -0.39 is 11.4 Å².